The summed E-state index contributed by atoms with van der Waals surface area (Å²) < 4.78 is 12.4. The Morgan fingerprint density at radius 3 is 1.33 bits per heavy atom. The van der Waals surface area contributed by atoms with Crippen LogP contribution >= 0.6 is 51.7 Å². The molecule has 0 spiro atoms. The summed E-state index contributed by atoms with van der Waals surface area (Å²) >= 11 is 19.7. The number of aliphatic imine (C=N–C) groups is 2. The van der Waals surface area contributed by atoms with Crippen LogP contribution in [-0.4, -0.2) is 64.1 Å². The molecule has 0 amide bonds. The molecule has 2 fully saturated rings. The van der Waals surface area contributed by atoms with E-state index in [2.05, 4.69) is 81.6 Å². The van der Waals surface area contributed by atoms with E-state index in [0.717, 1.165) is 63.2 Å². The molecular weight excluding hydrogens is 742 g/mol. The van der Waals surface area contributed by atoms with Crippen molar-refractivity contribution in [3.63, 3.8) is 0 Å². The topological polar surface area (TPSA) is 43.2 Å². The number of nitrogens with zero attached hydrogens (tertiary/aromatic N) is 2. The molecule has 0 N–H and O–H groups in total. The third-order valence-electron chi connectivity index (χ3n) is 7.31. The summed E-state index contributed by atoms with van der Waals surface area (Å²) in [5, 5.41) is 0.209. The molecule has 0 radical (unpaired) electrons. The fourth-order valence-corrected chi connectivity index (χ4v) is 7.68. The molecule has 0 aromatic carbocycles. The van der Waals surface area contributed by atoms with Gasteiger partial charge in [-0.3, -0.25) is 9.98 Å². The van der Waals surface area contributed by atoms with E-state index in [1.807, 2.05) is 0 Å². The molecule has 2 rings (SSSR count). The number of hydrogen-bond donors (Lipinski definition) is 0. The Hall–Kier alpha value is 1.73. The van der Waals surface area contributed by atoms with Crippen LogP contribution < -0.4 is 0 Å². The van der Waals surface area contributed by atoms with Crippen LogP contribution in [0.4, 0.5) is 0 Å². The van der Waals surface area contributed by atoms with Gasteiger partial charge in [-0.25, -0.2) is 0 Å². The van der Waals surface area contributed by atoms with Gasteiger partial charge in [-0.15, -0.1) is 23.2 Å². The van der Waals surface area contributed by atoms with Gasteiger partial charge in [-0.2, -0.15) is 0 Å². The van der Waals surface area contributed by atoms with E-state index in [-0.39, 0.29) is 22.8 Å². The number of halogens is 4. The van der Waals surface area contributed by atoms with Crippen molar-refractivity contribution < 1.29 is 19.7 Å². The molecule has 39 heavy (non-hydrogen) atoms. The van der Waals surface area contributed by atoms with Crippen molar-refractivity contribution in [1.29, 1.82) is 0 Å². The van der Waals surface area contributed by atoms with Gasteiger partial charge >= 0.3 is 39.3 Å². The van der Waals surface area contributed by atoms with Crippen LogP contribution in [0.5, 0.6) is 0 Å². The molecule has 2 aliphatic carbocycles. The summed E-state index contributed by atoms with van der Waals surface area (Å²) in [5.74, 6) is 1.00. The van der Waals surface area contributed by atoms with Gasteiger partial charge in [0.1, 0.15) is 0 Å². The summed E-state index contributed by atoms with van der Waals surface area (Å²) in [4.78, 5) is 10.8. The first-order valence-electron chi connectivity index (χ1n) is 14.7. The molecule has 0 aromatic heterocycles. The van der Waals surface area contributed by atoms with Gasteiger partial charge in [0.15, 0.2) is 16.6 Å². The normalized spacial score (nSPS) is 29.2. The van der Waals surface area contributed by atoms with Gasteiger partial charge < -0.3 is 8.85 Å². The fourth-order valence-electron chi connectivity index (χ4n) is 5.24. The Balaban J connectivity index is 0.00000242. The van der Waals surface area contributed by atoms with E-state index in [1.165, 1.54) is 36.6 Å². The van der Waals surface area contributed by atoms with E-state index in [1.54, 1.807) is 0 Å². The van der Waals surface area contributed by atoms with Crippen molar-refractivity contribution in [3.05, 3.63) is 0 Å². The van der Waals surface area contributed by atoms with Crippen molar-refractivity contribution >= 4 is 79.7 Å². The van der Waals surface area contributed by atoms with Gasteiger partial charge in [0, 0.05) is 13.2 Å². The van der Waals surface area contributed by atoms with Crippen LogP contribution in [-0.2, 0) is 19.7 Å². The van der Waals surface area contributed by atoms with E-state index < -0.39 is 16.6 Å². The van der Waals surface area contributed by atoms with Crippen molar-refractivity contribution in [1.82, 2.24) is 0 Å². The van der Waals surface area contributed by atoms with Crippen molar-refractivity contribution in [2.24, 2.45) is 21.8 Å². The summed E-state index contributed by atoms with van der Waals surface area (Å²) in [6.07, 6.45) is 10.6. The molecule has 0 bridgehead atoms. The molecule has 2 saturated carbocycles. The van der Waals surface area contributed by atoms with Gasteiger partial charge in [0.25, 0.3) is 0 Å². The molecule has 2 aliphatic rings. The van der Waals surface area contributed by atoms with E-state index in [9.17, 15) is 0 Å². The molecular formula is C28H54Br2Cl2N2NiO2Si2. The minimum atomic E-state index is -1.54. The molecule has 6 unspecified atom stereocenters. The first-order valence-corrected chi connectivity index (χ1v) is 27.3. The number of alkyl halides is 2. The quantitative estimate of drug-likeness (QED) is 0.0807. The monoisotopic (exact) mass is 792 g/mol. The third kappa shape index (κ3) is 17.0. The average molecular weight is 796 g/mol. The molecule has 0 saturated heterocycles. The fraction of sp³-hybridized carbons (Fsp3) is 0.929. The Bertz CT molecular complexity index is 674. The van der Waals surface area contributed by atoms with Crippen LogP contribution in [0.3, 0.4) is 0 Å². The minimum absolute atomic E-state index is 0.104. The molecule has 234 valence electrons. The molecule has 0 aromatic rings. The molecule has 11 heteroatoms. The van der Waals surface area contributed by atoms with Gasteiger partial charge in [-0.05, 0) is 102 Å². The number of rotatable bonds is 13. The Morgan fingerprint density at radius 1 is 0.718 bits per heavy atom. The Morgan fingerprint density at radius 2 is 1.05 bits per heavy atom. The molecule has 0 heterocycles. The second kappa shape index (κ2) is 19.9. The average Bonchev–Trinajstić information content (AvgIpc) is 2.81. The maximum absolute atomic E-state index is 6.86. The molecule has 0 aliphatic heterocycles. The summed E-state index contributed by atoms with van der Waals surface area (Å²) in [6, 6.07) is 0.319. The van der Waals surface area contributed by atoms with Gasteiger partial charge in [-0.1, -0.05) is 26.7 Å². The SMILES string of the molecule is CC1CCCC(Cl)C1N=C(CCCO[Si](C)(C)C)C(CCCO[Si](C)(C)C)=NC1C(C)CCCC1Cl.[Br][Ni][Br]. The van der Waals surface area contributed by atoms with Crippen LogP contribution in [0, 0.1) is 11.8 Å². The standard InChI is InChI=1S/C28H54Cl2N2O2Si2.2BrH.Ni/c1-21-13-9-15-23(29)27(21)31-25(17-11-19-33-35(3,4)5)26(18-12-20-34-36(6,7)8)32-28-22(2)14-10-16-24(28)30;;;/h21-24,27-28H,9-20H2,1-8H3;2*1H;/q;;;+2/p-2. The zero-order valence-corrected chi connectivity index (χ0v) is 33.2. The van der Waals surface area contributed by atoms with Crippen LogP contribution in [0.25, 0.3) is 0 Å². The van der Waals surface area contributed by atoms with Crippen LogP contribution in [0.1, 0.15) is 78.1 Å². The van der Waals surface area contributed by atoms with Crippen molar-refractivity contribution in [2.75, 3.05) is 13.2 Å². The first-order chi connectivity index (χ1) is 18.2. The van der Waals surface area contributed by atoms with E-state index >= 15 is 0 Å². The van der Waals surface area contributed by atoms with Crippen LogP contribution in [0.2, 0.25) is 39.3 Å². The first kappa shape index (κ1) is 38.8. The summed E-state index contributed by atoms with van der Waals surface area (Å²) in [6.45, 7) is 19.7. The predicted octanol–water partition coefficient (Wildman–Crippen LogP) is 10.4. The summed E-state index contributed by atoms with van der Waals surface area (Å²) in [5.41, 5.74) is 2.29. The van der Waals surface area contributed by atoms with Crippen LogP contribution in [0.15, 0.2) is 9.98 Å². The third-order valence-corrected chi connectivity index (χ3v) is 10.4. The van der Waals surface area contributed by atoms with Gasteiger partial charge in [0.05, 0.1) is 34.3 Å². The Kier molecular flexibility index (Phi) is 19.8. The molecule has 6 atom stereocenters. The Labute approximate surface area is 272 Å². The van der Waals surface area contributed by atoms with Gasteiger partial charge in [0.2, 0.25) is 0 Å². The van der Waals surface area contributed by atoms with Crippen molar-refractivity contribution in [3.8, 4) is 0 Å². The maximum atomic E-state index is 6.86. The summed E-state index contributed by atoms with van der Waals surface area (Å²) in [7, 11) is -1.83. The van der Waals surface area contributed by atoms with Crippen molar-refractivity contribution in [2.45, 2.75) is 140 Å². The van der Waals surface area contributed by atoms with E-state index in [0.29, 0.717) is 11.8 Å². The molecule has 4 nitrogen and oxygen atoms in total. The predicted molar refractivity (Wildman–Crippen MR) is 183 cm³/mol. The van der Waals surface area contributed by atoms with E-state index in [4.69, 9.17) is 42.0 Å². The zero-order chi connectivity index (χ0) is 29.6. The number of hydrogen-bond acceptors (Lipinski definition) is 4. The zero-order valence-electron chi connectivity index (χ0n) is 25.5. The second-order valence-electron chi connectivity index (χ2n) is 13.2. The second-order valence-corrected chi connectivity index (χ2v) is 28.3.